The van der Waals surface area contributed by atoms with Crippen molar-refractivity contribution < 1.29 is 9.13 Å². The van der Waals surface area contributed by atoms with E-state index in [9.17, 15) is 4.39 Å². The Labute approximate surface area is 176 Å². The molecule has 0 atom stereocenters. The fourth-order valence-electron chi connectivity index (χ4n) is 2.34. The zero-order chi connectivity index (χ0) is 17.4. The van der Waals surface area contributed by atoms with Crippen molar-refractivity contribution in [1.29, 1.82) is 0 Å². The van der Waals surface area contributed by atoms with Crippen LogP contribution in [0.1, 0.15) is 17.5 Å². The summed E-state index contributed by atoms with van der Waals surface area (Å²) in [7, 11) is 4.14. The van der Waals surface area contributed by atoms with Gasteiger partial charge in [-0.05, 0) is 57.9 Å². The SMILES string of the molecule is CN(C)CCCNCc1cc(Br)ccc1OCc1ccccc1F.Cl.Cl. The van der Waals surface area contributed by atoms with Gasteiger partial charge in [-0.2, -0.15) is 0 Å². The standard InChI is InChI=1S/C19H24BrFN2O.2ClH/c1-23(2)11-5-10-22-13-16-12-17(20)8-9-19(16)24-14-15-6-3-4-7-18(15)21;;/h3-4,6-9,12,22H,5,10-11,13-14H2,1-2H3;2*1H. The molecule has 0 radical (unpaired) electrons. The number of hydrogen-bond acceptors (Lipinski definition) is 3. The number of nitrogens with zero attached hydrogens (tertiary/aromatic N) is 1. The fraction of sp³-hybridized carbons (Fsp3) is 0.368. The van der Waals surface area contributed by atoms with Crippen LogP contribution in [-0.4, -0.2) is 32.1 Å². The van der Waals surface area contributed by atoms with Gasteiger partial charge in [0.15, 0.2) is 0 Å². The average molecular weight is 468 g/mol. The summed E-state index contributed by atoms with van der Waals surface area (Å²) in [5, 5.41) is 3.43. The van der Waals surface area contributed by atoms with Crippen LogP contribution >= 0.6 is 40.7 Å². The van der Waals surface area contributed by atoms with Crippen molar-refractivity contribution in [3.8, 4) is 5.75 Å². The van der Waals surface area contributed by atoms with E-state index in [1.54, 1.807) is 12.1 Å². The first-order chi connectivity index (χ1) is 11.6. The van der Waals surface area contributed by atoms with Crippen LogP contribution in [0.5, 0.6) is 5.75 Å². The van der Waals surface area contributed by atoms with E-state index in [-0.39, 0.29) is 37.2 Å². The third-order valence-electron chi connectivity index (χ3n) is 3.64. The molecule has 1 N–H and O–H groups in total. The van der Waals surface area contributed by atoms with Crippen LogP contribution in [0.15, 0.2) is 46.9 Å². The molecule has 0 amide bonds. The smallest absolute Gasteiger partial charge is 0.129 e. The Morgan fingerprint density at radius 1 is 1.08 bits per heavy atom. The fourth-order valence-corrected chi connectivity index (χ4v) is 2.75. The van der Waals surface area contributed by atoms with Gasteiger partial charge in [-0.3, -0.25) is 0 Å². The first kappa shape index (κ1) is 25.1. The topological polar surface area (TPSA) is 24.5 Å². The van der Waals surface area contributed by atoms with Gasteiger partial charge in [0.1, 0.15) is 18.2 Å². The second-order valence-electron chi connectivity index (χ2n) is 5.97. The lowest BCUT2D eigenvalue weighted by molar-refractivity contribution is 0.295. The molecule has 3 nitrogen and oxygen atoms in total. The van der Waals surface area contributed by atoms with E-state index >= 15 is 0 Å². The van der Waals surface area contributed by atoms with E-state index in [1.807, 2.05) is 24.3 Å². The minimum Gasteiger partial charge on any atom is -0.488 e. The third kappa shape index (κ3) is 8.69. The van der Waals surface area contributed by atoms with Gasteiger partial charge in [0.05, 0.1) is 0 Å². The molecule has 146 valence electrons. The lowest BCUT2D eigenvalue weighted by atomic mass is 10.2. The number of hydrogen-bond donors (Lipinski definition) is 1. The molecule has 0 saturated heterocycles. The van der Waals surface area contributed by atoms with Gasteiger partial charge in [0.25, 0.3) is 0 Å². The molecule has 0 saturated carbocycles. The van der Waals surface area contributed by atoms with Crippen molar-refractivity contribution in [3.05, 3.63) is 63.9 Å². The van der Waals surface area contributed by atoms with E-state index in [0.29, 0.717) is 5.56 Å². The van der Waals surface area contributed by atoms with Crippen LogP contribution in [-0.2, 0) is 13.2 Å². The van der Waals surface area contributed by atoms with E-state index in [0.717, 1.165) is 41.8 Å². The van der Waals surface area contributed by atoms with Gasteiger partial charge < -0.3 is 15.0 Å². The largest absolute Gasteiger partial charge is 0.488 e. The van der Waals surface area contributed by atoms with Gasteiger partial charge in [-0.25, -0.2) is 4.39 Å². The molecule has 26 heavy (non-hydrogen) atoms. The van der Waals surface area contributed by atoms with Crippen molar-refractivity contribution in [2.75, 3.05) is 27.2 Å². The molecule has 0 aliphatic heterocycles. The van der Waals surface area contributed by atoms with Crippen molar-refractivity contribution >= 4 is 40.7 Å². The first-order valence-electron chi connectivity index (χ1n) is 8.06. The molecule has 0 bridgehead atoms. The summed E-state index contributed by atoms with van der Waals surface area (Å²) in [4.78, 5) is 2.17. The van der Waals surface area contributed by atoms with Crippen LogP contribution in [0.25, 0.3) is 0 Å². The van der Waals surface area contributed by atoms with Crippen LogP contribution < -0.4 is 10.1 Å². The predicted molar refractivity (Wildman–Crippen MR) is 114 cm³/mol. The molecule has 0 aliphatic rings. The number of rotatable bonds is 9. The molecule has 0 unspecified atom stereocenters. The Bertz CT molecular complexity index is 659. The van der Waals surface area contributed by atoms with Crippen LogP contribution in [0, 0.1) is 5.82 Å². The lowest BCUT2D eigenvalue weighted by Gasteiger charge is -2.14. The molecule has 2 aromatic rings. The Balaban J connectivity index is 0.00000312. The van der Waals surface area contributed by atoms with Gasteiger partial charge in [-0.1, -0.05) is 34.1 Å². The third-order valence-corrected chi connectivity index (χ3v) is 4.13. The van der Waals surface area contributed by atoms with Crippen molar-refractivity contribution in [1.82, 2.24) is 10.2 Å². The van der Waals surface area contributed by atoms with Gasteiger partial charge in [-0.15, -0.1) is 24.8 Å². The Hall–Kier alpha value is -0.850. The van der Waals surface area contributed by atoms with E-state index in [4.69, 9.17) is 4.74 Å². The number of halogens is 4. The van der Waals surface area contributed by atoms with Crippen molar-refractivity contribution in [2.24, 2.45) is 0 Å². The first-order valence-corrected chi connectivity index (χ1v) is 8.85. The van der Waals surface area contributed by atoms with Crippen LogP contribution in [0.4, 0.5) is 4.39 Å². The molecular weight excluding hydrogens is 442 g/mol. The highest BCUT2D eigenvalue weighted by molar-refractivity contribution is 9.10. The van der Waals surface area contributed by atoms with Crippen LogP contribution in [0.2, 0.25) is 0 Å². The van der Waals surface area contributed by atoms with Crippen LogP contribution in [0.3, 0.4) is 0 Å². The van der Waals surface area contributed by atoms with Gasteiger partial charge in [0.2, 0.25) is 0 Å². The lowest BCUT2D eigenvalue weighted by Crippen LogP contribution is -2.21. The second kappa shape index (κ2) is 13.3. The molecule has 2 aromatic carbocycles. The summed E-state index contributed by atoms with van der Waals surface area (Å²) < 4.78 is 20.6. The average Bonchev–Trinajstić information content (AvgIpc) is 2.55. The molecule has 0 aromatic heterocycles. The Morgan fingerprint density at radius 3 is 2.50 bits per heavy atom. The van der Waals surface area contributed by atoms with Gasteiger partial charge >= 0.3 is 0 Å². The minimum absolute atomic E-state index is 0. The zero-order valence-electron chi connectivity index (χ0n) is 15.0. The van der Waals surface area contributed by atoms with Gasteiger partial charge in [0, 0.05) is 22.1 Å². The molecular formula is C19H26BrCl2FN2O. The molecule has 0 heterocycles. The highest BCUT2D eigenvalue weighted by Crippen LogP contribution is 2.24. The summed E-state index contributed by atoms with van der Waals surface area (Å²) in [6.07, 6.45) is 1.09. The maximum absolute atomic E-state index is 13.7. The number of ether oxygens (including phenoxy) is 1. The summed E-state index contributed by atoms with van der Waals surface area (Å²) in [5.41, 5.74) is 1.62. The summed E-state index contributed by atoms with van der Waals surface area (Å²) in [6, 6.07) is 12.6. The minimum atomic E-state index is -0.238. The molecule has 0 spiro atoms. The van der Waals surface area contributed by atoms with E-state index in [1.165, 1.54) is 6.07 Å². The van der Waals surface area contributed by atoms with Crippen molar-refractivity contribution in [3.63, 3.8) is 0 Å². The maximum atomic E-state index is 13.7. The highest BCUT2D eigenvalue weighted by atomic mass is 79.9. The second-order valence-corrected chi connectivity index (χ2v) is 6.88. The van der Waals surface area contributed by atoms with Crippen molar-refractivity contribution in [2.45, 2.75) is 19.6 Å². The molecule has 0 fully saturated rings. The molecule has 7 heteroatoms. The summed E-state index contributed by atoms with van der Waals surface area (Å²) in [6.45, 7) is 2.95. The summed E-state index contributed by atoms with van der Waals surface area (Å²) >= 11 is 3.50. The quantitative estimate of drug-likeness (QED) is 0.522. The Kier molecular flexibility index (Phi) is 12.9. The molecule has 0 aliphatic carbocycles. The highest BCUT2D eigenvalue weighted by Gasteiger charge is 2.07. The number of nitrogens with one attached hydrogen (secondary N) is 1. The van der Waals surface area contributed by atoms with E-state index in [2.05, 4.69) is 40.2 Å². The molecule has 2 rings (SSSR count). The Morgan fingerprint density at radius 2 is 1.81 bits per heavy atom. The maximum Gasteiger partial charge on any atom is 0.129 e. The van der Waals surface area contributed by atoms with E-state index < -0.39 is 0 Å². The zero-order valence-corrected chi connectivity index (χ0v) is 18.2. The number of benzene rings is 2. The predicted octanol–water partition coefficient (Wildman–Crippen LogP) is 5.05. The monoisotopic (exact) mass is 466 g/mol. The summed E-state index contributed by atoms with van der Waals surface area (Å²) in [5.74, 6) is 0.541. The normalized spacial score (nSPS) is 10.2.